The second-order valence-electron chi connectivity index (χ2n) is 11.9. The molecule has 0 radical (unpaired) electrons. The quantitative estimate of drug-likeness (QED) is 0.200. The average Bonchev–Trinajstić information content (AvgIpc) is 3.82. The molecule has 0 bridgehead atoms. The molecule has 0 fully saturated rings. The number of aromatic carboxylic acids is 1. The van der Waals surface area contributed by atoms with Gasteiger partial charge in [0.05, 0.1) is 11.1 Å². The topological polar surface area (TPSA) is 99.8 Å². The number of fused-ring (bicyclic) bond motifs is 3. The van der Waals surface area contributed by atoms with Gasteiger partial charge in [0.1, 0.15) is 8.07 Å². The number of rotatable bonds is 7. The lowest BCUT2D eigenvalue weighted by atomic mass is 9.73. The van der Waals surface area contributed by atoms with Crippen molar-refractivity contribution in [2.45, 2.75) is 44.7 Å². The van der Waals surface area contributed by atoms with Crippen LogP contribution in [0.1, 0.15) is 52.5 Å². The first kappa shape index (κ1) is 29.0. The molecule has 3 atom stereocenters. The Hall–Kier alpha value is -3.70. The summed E-state index contributed by atoms with van der Waals surface area (Å²) < 4.78 is 0. The van der Waals surface area contributed by atoms with Crippen LogP contribution in [0.25, 0.3) is 19.5 Å². The second kappa shape index (κ2) is 11.0. The molecule has 6 nitrogen and oxygen atoms in total. The summed E-state index contributed by atoms with van der Waals surface area (Å²) in [6, 6.07) is 12.2. The van der Waals surface area contributed by atoms with Gasteiger partial charge in [-0.2, -0.15) is 0 Å². The third-order valence-corrected chi connectivity index (χ3v) is 16.5. The lowest BCUT2D eigenvalue weighted by Gasteiger charge is -2.32. The summed E-state index contributed by atoms with van der Waals surface area (Å²) in [6.45, 7) is 6.97. The van der Waals surface area contributed by atoms with Crippen LogP contribution < -0.4 is 10.4 Å². The van der Waals surface area contributed by atoms with Gasteiger partial charge in [0, 0.05) is 66.4 Å². The minimum Gasteiger partial charge on any atom is -0.478 e. The van der Waals surface area contributed by atoms with E-state index in [1.165, 1.54) is 36.6 Å². The second-order valence-corrected chi connectivity index (χ2v) is 19.3. The van der Waals surface area contributed by atoms with Crippen molar-refractivity contribution >= 4 is 70.1 Å². The van der Waals surface area contributed by atoms with Gasteiger partial charge in [-0.3, -0.25) is 9.98 Å². The van der Waals surface area contributed by atoms with Crippen LogP contribution in [0.2, 0.25) is 13.1 Å². The molecule has 4 aromatic heterocycles. The van der Waals surface area contributed by atoms with Crippen molar-refractivity contribution in [2.24, 2.45) is 10.9 Å². The van der Waals surface area contributed by atoms with Crippen LogP contribution in [0.5, 0.6) is 0 Å². The summed E-state index contributed by atoms with van der Waals surface area (Å²) in [5, 5.41) is 24.9. The van der Waals surface area contributed by atoms with Gasteiger partial charge in [-0.15, -0.1) is 34.0 Å². The Kier molecular flexibility index (Phi) is 7.28. The van der Waals surface area contributed by atoms with Gasteiger partial charge in [-0.1, -0.05) is 38.2 Å². The summed E-state index contributed by atoms with van der Waals surface area (Å²) in [4.78, 5) is 39.9. The van der Waals surface area contributed by atoms with Crippen molar-refractivity contribution in [1.82, 2.24) is 4.98 Å². The standard InChI is InChI=1S/C34H30N2O4S3Si/c1-4-21-22(13-20(34(39)40)14-23(21)25-16-19(33(37)38)8-11-36-25)24-15-18(7-10-35-24)26-5-6-27(42-26)28-17-30-32(43-28)31-29(9-12-41-31)44(30,2)3/h5-14,16-18,21,23H,4,15H2,1-3H3,(H,37,38)(H,39,40). The predicted octanol–water partition coefficient (Wildman–Crippen LogP) is 7.64. The van der Waals surface area contributed by atoms with Gasteiger partial charge < -0.3 is 10.2 Å². The maximum atomic E-state index is 12.2. The zero-order valence-electron chi connectivity index (χ0n) is 24.4. The number of carboxylic acids is 2. The summed E-state index contributed by atoms with van der Waals surface area (Å²) in [5.41, 5.74) is 2.63. The molecular weight excluding hydrogens is 625 g/mol. The number of thiophene rings is 3. The average molecular weight is 655 g/mol. The highest BCUT2D eigenvalue weighted by Crippen LogP contribution is 2.45. The number of hydrogen-bond acceptors (Lipinski definition) is 7. The minimum atomic E-state index is -1.65. The van der Waals surface area contributed by atoms with Crippen LogP contribution in [0.15, 0.2) is 88.5 Å². The fraction of sp³-hybridized carbons (Fsp3) is 0.235. The van der Waals surface area contributed by atoms with Gasteiger partial charge in [-0.25, -0.2) is 9.59 Å². The molecule has 6 heterocycles. The lowest BCUT2D eigenvalue weighted by molar-refractivity contribution is -0.132. The molecule has 0 amide bonds. The van der Waals surface area contributed by atoms with Gasteiger partial charge in [0.2, 0.25) is 0 Å². The Balaban J connectivity index is 1.17. The number of nitrogens with zero attached hydrogens (tertiary/aromatic N) is 2. The molecule has 10 heteroatoms. The fourth-order valence-electron chi connectivity index (χ4n) is 6.69. The summed E-state index contributed by atoms with van der Waals surface area (Å²) in [5.74, 6) is -2.38. The van der Waals surface area contributed by atoms with E-state index in [1.807, 2.05) is 40.2 Å². The third kappa shape index (κ3) is 4.80. The highest BCUT2D eigenvalue weighted by molar-refractivity contribution is 7.31. The van der Waals surface area contributed by atoms with E-state index < -0.39 is 20.0 Å². The molecule has 222 valence electrons. The molecule has 3 unspecified atom stereocenters. The summed E-state index contributed by atoms with van der Waals surface area (Å²) >= 11 is 5.60. The molecule has 0 saturated heterocycles. The third-order valence-electron chi connectivity index (χ3n) is 9.04. The van der Waals surface area contributed by atoms with Crippen LogP contribution in [0, 0.1) is 5.92 Å². The molecule has 1 aliphatic carbocycles. The Morgan fingerprint density at radius 2 is 1.84 bits per heavy atom. The van der Waals surface area contributed by atoms with E-state index in [-0.39, 0.29) is 28.9 Å². The Bertz CT molecular complexity index is 1960. The molecule has 2 aliphatic heterocycles. The monoisotopic (exact) mass is 654 g/mol. The van der Waals surface area contributed by atoms with Gasteiger partial charge in [0.25, 0.3) is 0 Å². The Morgan fingerprint density at radius 3 is 2.61 bits per heavy atom. The van der Waals surface area contributed by atoms with Crippen LogP contribution in [0.4, 0.5) is 0 Å². The number of carboxylic acid groups (broad SMARTS) is 2. The van der Waals surface area contributed by atoms with E-state index in [9.17, 15) is 19.8 Å². The first-order valence-corrected chi connectivity index (χ1v) is 20.1. The van der Waals surface area contributed by atoms with E-state index in [4.69, 9.17) is 4.99 Å². The fourth-order valence-corrected chi connectivity index (χ4v) is 14.8. The Labute approximate surface area is 268 Å². The van der Waals surface area contributed by atoms with E-state index >= 15 is 0 Å². The smallest absolute Gasteiger partial charge is 0.335 e. The number of pyridine rings is 1. The van der Waals surface area contributed by atoms with Crippen molar-refractivity contribution < 1.29 is 19.8 Å². The van der Waals surface area contributed by atoms with Crippen molar-refractivity contribution in [2.75, 3.05) is 0 Å². The number of carbonyl (C=O) groups is 2. The van der Waals surface area contributed by atoms with Crippen LogP contribution in [0.3, 0.4) is 0 Å². The largest absolute Gasteiger partial charge is 0.478 e. The molecule has 2 N–H and O–H groups in total. The van der Waals surface area contributed by atoms with Crippen molar-refractivity contribution in [3.63, 3.8) is 0 Å². The molecule has 44 heavy (non-hydrogen) atoms. The number of allylic oxidation sites excluding steroid dienone is 3. The molecule has 0 aromatic carbocycles. The first-order chi connectivity index (χ1) is 21.2. The zero-order chi connectivity index (χ0) is 30.7. The lowest BCUT2D eigenvalue weighted by Crippen LogP contribution is -2.48. The highest BCUT2D eigenvalue weighted by Gasteiger charge is 2.40. The van der Waals surface area contributed by atoms with Crippen molar-refractivity contribution in [1.29, 1.82) is 0 Å². The van der Waals surface area contributed by atoms with Crippen LogP contribution >= 0.6 is 34.0 Å². The number of hydrogen-bond donors (Lipinski definition) is 2. The van der Waals surface area contributed by atoms with Crippen LogP contribution in [-0.2, 0) is 4.79 Å². The maximum absolute atomic E-state index is 12.2. The van der Waals surface area contributed by atoms with E-state index in [2.05, 4.69) is 60.7 Å². The molecule has 0 saturated carbocycles. The molecule has 7 rings (SSSR count). The van der Waals surface area contributed by atoms with E-state index in [0.29, 0.717) is 12.1 Å². The van der Waals surface area contributed by atoms with E-state index in [0.717, 1.165) is 17.7 Å². The number of aromatic nitrogens is 1. The molecule has 3 aliphatic rings. The van der Waals surface area contributed by atoms with Crippen LogP contribution in [-0.4, -0.2) is 40.9 Å². The van der Waals surface area contributed by atoms with E-state index in [1.54, 1.807) is 28.6 Å². The molecular formula is C34H30N2O4S3Si. The molecule has 4 aromatic rings. The number of aliphatic carboxylic acids is 1. The SMILES string of the molecule is CCC1C(C2=NC=CC(c3ccc(-c4cc5c(s4)-c4sccc4[Si]5(C)C)s3)C2)=CC(C(=O)O)=CC1c1cc(C(=O)O)ccn1. The van der Waals surface area contributed by atoms with Gasteiger partial charge >= 0.3 is 11.9 Å². The summed E-state index contributed by atoms with van der Waals surface area (Å²) in [7, 11) is -1.65. The maximum Gasteiger partial charge on any atom is 0.335 e. The zero-order valence-corrected chi connectivity index (χ0v) is 27.9. The first-order valence-electron chi connectivity index (χ1n) is 14.6. The Morgan fingerprint density at radius 1 is 1.00 bits per heavy atom. The number of aliphatic imine (C=N–C) groups is 1. The minimum absolute atomic E-state index is 0.0809. The molecule has 0 spiro atoms. The van der Waals surface area contributed by atoms with Crippen molar-refractivity contribution in [3.05, 3.63) is 99.7 Å². The predicted molar refractivity (Wildman–Crippen MR) is 183 cm³/mol. The van der Waals surface area contributed by atoms with Gasteiger partial charge in [0.15, 0.2) is 0 Å². The summed E-state index contributed by atoms with van der Waals surface area (Å²) in [6.07, 6.45) is 10.3. The van der Waals surface area contributed by atoms with Gasteiger partial charge in [-0.05, 0) is 70.1 Å². The van der Waals surface area contributed by atoms with Crippen molar-refractivity contribution in [3.8, 4) is 19.5 Å². The highest BCUT2D eigenvalue weighted by atomic mass is 32.1. The normalized spacial score (nSPS) is 21.7.